The summed E-state index contributed by atoms with van der Waals surface area (Å²) in [7, 11) is -3.60. The molecule has 132 valence electrons. The third-order valence-electron chi connectivity index (χ3n) is 4.87. The van der Waals surface area contributed by atoms with E-state index in [1.165, 1.54) is 0 Å². The molecule has 2 aliphatic rings. The summed E-state index contributed by atoms with van der Waals surface area (Å²) in [5, 5.41) is 18.4. The van der Waals surface area contributed by atoms with Crippen LogP contribution in [0, 0.1) is 11.3 Å². The van der Waals surface area contributed by atoms with Gasteiger partial charge < -0.3 is 10.0 Å². The minimum atomic E-state index is -3.60. The highest BCUT2D eigenvalue weighted by molar-refractivity contribution is 7.89. The maximum absolute atomic E-state index is 12.4. The highest BCUT2D eigenvalue weighted by Gasteiger charge is 2.43. The van der Waals surface area contributed by atoms with Gasteiger partial charge in [-0.2, -0.15) is 5.26 Å². The lowest BCUT2D eigenvalue weighted by atomic mass is 9.88. The number of nitrogens with one attached hydrogen (secondary N) is 1. The van der Waals surface area contributed by atoms with Crippen LogP contribution in [-0.4, -0.2) is 32.6 Å². The molecule has 0 amide bonds. The van der Waals surface area contributed by atoms with Crippen LogP contribution in [0.5, 0.6) is 0 Å². The highest BCUT2D eigenvalue weighted by Crippen LogP contribution is 2.47. The molecule has 0 spiro atoms. The van der Waals surface area contributed by atoms with E-state index in [4.69, 9.17) is 0 Å². The Balaban J connectivity index is 1.82. The maximum Gasteiger partial charge on any atom is 0.323 e. The predicted molar refractivity (Wildman–Crippen MR) is 93.3 cm³/mol. The molecular formula is C18H15N3O4S. The SMILES string of the molecule is N#Cc1ccc2c(c1)C(C1NS(=O)(=O)c3ccccc31)CN2CC(=O)O. The van der Waals surface area contributed by atoms with Crippen LogP contribution >= 0.6 is 0 Å². The predicted octanol–water partition coefficient (Wildman–Crippen LogP) is 1.58. The lowest BCUT2D eigenvalue weighted by Crippen LogP contribution is -2.32. The molecule has 2 N–H and O–H groups in total. The minimum Gasteiger partial charge on any atom is -0.480 e. The second-order valence-corrected chi connectivity index (χ2v) is 8.09. The van der Waals surface area contributed by atoms with Gasteiger partial charge in [0, 0.05) is 18.2 Å². The van der Waals surface area contributed by atoms with E-state index >= 15 is 0 Å². The Morgan fingerprint density at radius 2 is 2.04 bits per heavy atom. The first-order chi connectivity index (χ1) is 12.4. The average molecular weight is 369 g/mol. The van der Waals surface area contributed by atoms with E-state index in [9.17, 15) is 23.6 Å². The molecule has 2 heterocycles. The Morgan fingerprint density at radius 3 is 2.77 bits per heavy atom. The molecule has 7 nitrogen and oxygen atoms in total. The van der Waals surface area contributed by atoms with Crippen molar-refractivity contribution in [2.45, 2.75) is 16.9 Å². The number of sulfonamides is 1. The number of carboxylic acid groups (broad SMARTS) is 1. The molecule has 26 heavy (non-hydrogen) atoms. The summed E-state index contributed by atoms with van der Waals surface area (Å²) in [6.07, 6.45) is 0. The van der Waals surface area contributed by atoms with Crippen molar-refractivity contribution in [2.75, 3.05) is 18.0 Å². The smallest absolute Gasteiger partial charge is 0.323 e. The third kappa shape index (κ3) is 2.53. The molecule has 0 fully saturated rings. The molecule has 2 aromatic rings. The third-order valence-corrected chi connectivity index (χ3v) is 6.38. The van der Waals surface area contributed by atoms with Crippen LogP contribution in [-0.2, 0) is 14.8 Å². The Hall–Kier alpha value is -2.89. The van der Waals surface area contributed by atoms with E-state index in [-0.39, 0.29) is 17.4 Å². The summed E-state index contributed by atoms with van der Waals surface area (Å²) in [5.41, 5.74) is 2.64. The number of hydrogen-bond donors (Lipinski definition) is 2. The van der Waals surface area contributed by atoms with Gasteiger partial charge in [-0.05, 0) is 35.4 Å². The minimum absolute atomic E-state index is 0.184. The van der Waals surface area contributed by atoms with Gasteiger partial charge in [0.05, 0.1) is 22.6 Å². The van der Waals surface area contributed by atoms with E-state index in [0.717, 1.165) is 11.3 Å². The van der Waals surface area contributed by atoms with Gasteiger partial charge in [0.15, 0.2) is 0 Å². The largest absolute Gasteiger partial charge is 0.480 e. The first-order valence-electron chi connectivity index (χ1n) is 8.03. The quantitative estimate of drug-likeness (QED) is 0.850. The van der Waals surface area contributed by atoms with Crippen LogP contribution in [0.1, 0.15) is 28.7 Å². The van der Waals surface area contributed by atoms with E-state index in [0.29, 0.717) is 17.7 Å². The molecule has 2 atom stereocenters. The molecule has 0 aliphatic carbocycles. The number of carboxylic acids is 1. The first-order valence-corrected chi connectivity index (χ1v) is 9.51. The van der Waals surface area contributed by atoms with Crippen molar-refractivity contribution < 1.29 is 18.3 Å². The number of nitriles is 1. The highest BCUT2D eigenvalue weighted by atomic mass is 32.2. The van der Waals surface area contributed by atoms with Gasteiger partial charge in [-0.3, -0.25) is 4.79 Å². The number of fused-ring (bicyclic) bond motifs is 2. The van der Waals surface area contributed by atoms with Crippen molar-refractivity contribution in [3.63, 3.8) is 0 Å². The molecule has 0 saturated heterocycles. The molecule has 0 radical (unpaired) electrons. The van der Waals surface area contributed by atoms with Crippen molar-refractivity contribution in [1.29, 1.82) is 5.26 Å². The number of hydrogen-bond acceptors (Lipinski definition) is 5. The van der Waals surface area contributed by atoms with E-state index in [1.807, 2.05) is 0 Å². The fourth-order valence-electron chi connectivity index (χ4n) is 3.82. The zero-order valence-electron chi connectivity index (χ0n) is 13.6. The molecular weight excluding hydrogens is 354 g/mol. The summed E-state index contributed by atoms with van der Waals surface area (Å²) in [5.74, 6) is -1.25. The van der Waals surface area contributed by atoms with Gasteiger partial charge >= 0.3 is 5.97 Å². The van der Waals surface area contributed by atoms with Crippen molar-refractivity contribution >= 4 is 21.7 Å². The molecule has 4 rings (SSSR count). The normalized spacial score (nSPS) is 22.5. The number of anilines is 1. The van der Waals surface area contributed by atoms with Crippen LogP contribution in [0.3, 0.4) is 0 Å². The molecule has 0 aromatic heterocycles. The maximum atomic E-state index is 12.4. The van der Waals surface area contributed by atoms with Crippen LogP contribution in [0.4, 0.5) is 5.69 Å². The van der Waals surface area contributed by atoms with Crippen LogP contribution < -0.4 is 9.62 Å². The van der Waals surface area contributed by atoms with Gasteiger partial charge in [0.2, 0.25) is 10.0 Å². The van der Waals surface area contributed by atoms with Gasteiger partial charge in [0.1, 0.15) is 6.54 Å². The molecule has 0 bridgehead atoms. The number of aliphatic carboxylic acids is 1. The second kappa shape index (κ2) is 5.83. The van der Waals surface area contributed by atoms with Crippen molar-refractivity contribution in [1.82, 2.24) is 4.72 Å². The molecule has 2 aliphatic heterocycles. The fraction of sp³-hybridized carbons (Fsp3) is 0.222. The van der Waals surface area contributed by atoms with Crippen LogP contribution in [0.25, 0.3) is 0 Å². The number of rotatable bonds is 3. The zero-order valence-corrected chi connectivity index (χ0v) is 14.4. The van der Waals surface area contributed by atoms with Gasteiger partial charge in [-0.25, -0.2) is 13.1 Å². The van der Waals surface area contributed by atoms with Crippen molar-refractivity contribution in [3.8, 4) is 6.07 Å². The molecule has 8 heteroatoms. The van der Waals surface area contributed by atoms with Crippen LogP contribution in [0.2, 0.25) is 0 Å². The lowest BCUT2D eigenvalue weighted by Gasteiger charge is -2.21. The zero-order chi connectivity index (χ0) is 18.5. The molecule has 2 aromatic carbocycles. The topological polar surface area (TPSA) is 111 Å². The molecule has 2 unspecified atom stereocenters. The van der Waals surface area contributed by atoms with E-state index in [2.05, 4.69) is 10.8 Å². The fourth-order valence-corrected chi connectivity index (χ4v) is 5.33. The summed E-state index contributed by atoms with van der Waals surface area (Å²) < 4.78 is 27.6. The summed E-state index contributed by atoms with van der Waals surface area (Å²) in [6, 6.07) is 13.5. The second-order valence-electron chi connectivity index (χ2n) is 6.40. The number of nitrogens with zero attached hydrogens (tertiary/aromatic N) is 2. The van der Waals surface area contributed by atoms with Crippen LogP contribution in [0.15, 0.2) is 47.4 Å². The van der Waals surface area contributed by atoms with E-state index < -0.39 is 22.0 Å². The Morgan fingerprint density at radius 1 is 1.27 bits per heavy atom. The Kier molecular flexibility index (Phi) is 3.72. The number of carbonyl (C=O) groups is 1. The lowest BCUT2D eigenvalue weighted by molar-refractivity contribution is -0.135. The summed E-state index contributed by atoms with van der Waals surface area (Å²) in [4.78, 5) is 13.2. The first kappa shape index (κ1) is 16.6. The Bertz CT molecular complexity index is 1060. The van der Waals surface area contributed by atoms with Gasteiger partial charge in [0.25, 0.3) is 0 Å². The number of benzene rings is 2. The summed E-state index contributed by atoms with van der Waals surface area (Å²) >= 11 is 0. The summed E-state index contributed by atoms with van der Waals surface area (Å²) in [6.45, 7) is 0.175. The van der Waals surface area contributed by atoms with E-state index in [1.54, 1.807) is 47.4 Å². The average Bonchev–Trinajstić information content (AvgIpc) is 3.09. The van der Waals surface area contributed by atoms with Gasteiger partial charge in [-0.1, -0.05) is 18.2 Å². The monoisotopic (exact) mass is 369 g/mol. The van der Waals surface area contributed by atoms with Crippen molar-refractivity contribution in [3.05, 3.63) is 59.2 Å². The Labute approximate surface area is 150 Å². The molecule has 0 saturated carbocycles. The van der Waals surface area contributed by atoms with Gasteiger partial charge in [-0.15, -0.1) is 0 Å². The standard InChI is InChI=1S/C18H15N3O4S/c19-8-11-5-6-15-13(7-11)14(9-21(15)10-17(22)23)18-12-3-1-2-4-16(12)26(24,25)20-18/h1-7,14,18,20H,9-10H2,(H,22,23). The van der Waals surface area contributed by atoms with Crippen molar-refractivity contribution in [2.24, 2.45) is 0 Å².